The van der Waals surface area contributed by atoms with Gasteiger partial charge in [-0.25, -0.2) is 4.79 Å². The van der Waals surface area contributed by atoms with Gasteiger partial charge in [-0.2, -0.15) is 0 Å². The van der Waals surface area contributed by atoms with Gasteiger partial charge in [0.1, 0.15) is 24.4 Å². The van der Waals surface area contributed by atoms with E-state index in [1.807, 2.05) is 13.8 Å². The van der Waals surface area contributed by atoms with Gasteiger partial charge in [0.2, 0.25) is 0 Å². The normalized spacial score (nSPS) is 15.5. The molecule has 0 heterocycles. The van der Waals surface area contributed by atoms with Gasteiger partial charge >= 0.3 is 12.1 Å². The first kappa shape index (κ1) is 22.6. The number of ether oxygens (including phenoxy) is 3. The Balaban J connectivity index is 2.51. The second-order valence-electron chi connectivity index (χ2n) is 6.92. The Hall–Kier alpha value is -2.48. The highest BCUT2D eigenvalue weighted by atomic mass is 16.7. The molecule has 1 aromatic carbocycles. The SMILES string of the molecule is CC(C)C(C)OC(=O)O[C@@H](C)[C@H](C)OC(=O)[C@@H](N)Cc1ccc(O)c(O)c1. The lowest BCUT2D eigenvalue weighted by Crippen LogP contribution is -2.39. The monoisotopic (exact) mass is 383 g/mol. The Labute approximate surface area is 159 Å². The van der Waals surface area contributed by atoms with Crippen LogP contribution in [0, 0.1) is 5.92 Å². The summed E-state index contributed by atoms with van der Waals surface area (Å²) in [7, 11) is 0. The summed E-state index contributed by atoms with van der Waals surface area (Å²) in [4.78, 5) is 23.9. The number of hydrogen-bond acceptors (Lipinski definition) is 8. The van der Waals surface area contributed by atoms with Crippen LogP contribution in [0.25, 0.3) is 0 Å². The van der Waals surface area contributed by atoms with E-state index < -0.39 is 30.4 Å². The van der Waals surface area contributed by atoms with Crippen molar-refractivity contribution >= 4 is 12.1 Å². The van der Waals surface area contributed by atoms with E-state index in [2.05, 4.69) is 0 Å². The van der Waals surface area contributed by atoms with Gasteiger partial charge in [0.25, 0.3) is 0 Å². The van der Waals surface area contributed by atoms with Crippen molar-refractivity contribution in [1.82, 2.24) is 0 Å². The van der Waals surface area contributed by atoms with Crippen LogP contribution in [0.5, 0.6) is 11.5 Å². The predicted molar refractivity (Wildman–Crippen MR) is 98.3 cm³/mol. The van der Waals surface area contributed by atoms with Crippen molar-refractivity contribution in [3.05, 3.63) is 23.8 Å². The maximum Gasteiger partial charge on any atom is 0.508 e. The summed E-state index contributed by atoms with van der Waals surface area (Å²) < 4.78 is 15.5. The quantitative estimate of drug-likeness (QED) is 0.461. The van der Waals surface area contributed by atoms with E-state index in [1.165, 1.54) is 12.1 Å². The molecule has 1 unspecified atom stereocenters. The van der Waals surface area contributed by atoms with Crippen LogP contribution in [0.1, 0.15) is 40.2 Å². The van der Waals surface area contributed by atoms with Crippen LogP contribution < -0.4 is 5.73 Å². The molecule has 8 nitrogen and oxygen atoms in total. The third kappa shape index (κ3) is 7.34. The molecule has 0 saturated carbocycles. The molecule has 0 spiro atoms. The number of carbonyl (C=O) groups excluding carboxylic acids is 2. The van der Waals surface area contributed by atoms with Crippen LogP contribution in [0.4, 0.5) is 4.79 Å². The van der Waals surface area contributed by atoms with Gasteiger partial charge in [-0.15, -0.1) is 0 Å². The maximum atomic E-state index is 12.1. The number of esters is 1. The first-order chi connectivity index (χ1) is 12.5. The lowest BCUT2D eigenvalue weighted by molar-refractivity contribution is -0.155. The number of benzene rings is 1. The zero-order chi connectivity index (χ0) is 20.7. The van der Waals surface area contributed by atoms with Crippen LogP contribution in [0.2, 0.25) is 0 Å². The number of aromatic hydroxyl groups is 2. The van der Waals surface area contributed by atoms with E-state index in [4.69, 9.17) is 19.9 Å². The molecule has 0 bridgehead atoms. The van der Waals surface area contributed by atoms with E-state index in [0.29, 0.717) is 5.56 Å². The molecule has 0 saturated heterocycles. The summed E-state index contributed by atoms with van der Waals surface area (Å²) in [6.45, 7) is 8.77. The van der Waals surface area contributed by atoms with E-state index in [0.717, 1.165) is 0 Å². The fourth-order valence-corrected chi connectivity index (χ4v) is 1.96. The van der Waals surface area contributed by atoms with Gasteiger partial charge in [0, 0.05) is 0 Å². The number of carbonyl (C=O) groups is 2. The van der Waals surface area contributed by atoms with E-state index in [9.17, 15) is 19.8 Å². The van der Waals surface area contributed by atoms with Crippen LogP contribution in [0.3, 0.4) is 0 Å². The average molecular weight is 383 g/mol. The summed E-state index contributed by atoms with van der Waals surface area (Å²) >= 11 is 0. The largest absolute Gasteiger partial charge is 0.508 e. The second-order valence-corrected chi connectivity index (χ2v) is 6.92. The molecule has 0 amide bonds. The number of nitrogens with two attached hydrogens (primary N) is 1. The van der Waals surface area contributed by atoms with Crippen LogP contribution in [-0.4, -0.2) is 46.7 Å². The minimum Gasteiger partial charge on any atom is -0.504 e. The Morgan fingerprint density at radius 1 is 0.926 bits per heavy atom. The highest BCUT2D eigenvalue weighted by molar-refractivity contribution is 5.76. The van der Waals surface area contributed by atoms with Crippen molar-refractivity contribution in [1.29, 1.82) is 0 Å². The second kappa shape index (κ2) is 10.0. The molecule has 1 rings (SSSR count). The summed E-state index contributed by atoms with van der Waals surface area (Å²) in [6.07, 6.45) is -2.44. The molecule has 4 atom stereocenters. The van der Waals surface area contributed by atoms with E-state index >= 15 is 0 Å². The van der Waals surface area contributed by atoms with Gasteiger partial charge in [0.15, 0.2) is 11.5 Å². The first-order valence-electron chi connectivity index (χ1n) is 8.85. The molecular weight excluding hydrogens is 354 g/mol. The molecule has 4 N–H and O–H groups in total. The van der Waals surface area contributed by atoms with Crippen LogP contribution >= 0.6 is 0 Å². The predicted octanol–water partition coefficient (Wildman–Crippen LogP) is 2.49. The summed E-state index contributed by atoms with van der Waals surface area (Å²) in [5, 5.41) is 18.8. The van der Waals surface area contributed by atoms with Crippen LogP contribution in [0.15, 0.2) is 18.2 Å². The molecule has 0 aliphatic rings. The molecule has 27 heavy (non-hydrogen) atoms. The Kier molecular flexibility index (Phi) is 8.36. The molecule has 0 aliphatic heterocycles. The maximum absolute atomic E-state index is 12.1. The molecule has 8 heteroatoms. The highest BCUT2D eigenvalue weighted by Gasteiger charge is 2.25. The fraction of sp³-hybridized carbons (Fsp3) is 0.579. The molecular formula is C19H29NO7. The highest BCUT2D eigenvalue weighted by Crippen LogP contribution is 2.25. The number of phenolic OH excluding ortho intramolecular Hbond substituents is 2. The van der Waals surface area contributed by atoms with E-state index in [1.54, 1.807) is 26.8 Å². The average Bonchev–Trinajstić information content (AvgIpc) is 2.57. The lowest BCUT2D eigenvalue weighted by atomic mass is 10.1. The molecule has 0 aliphatic carbocycles. The summed E-state index contributed by atoms with van der Waals surface area (Å²) in [5.74, 6) is -1.07. The molecule has 0 radical (unpaired) electrons. The van der Waals surface area contributed by atoms with Gasteiger partial charge in [-0.3, -0.25) is 4.79 Å². The number of hydrogen-bond donors (Lipinski definition) is 3. The molecule has 0 aromatic heterocycles. The van der Waals surface area contributed by atoms with Gasteiger partial charge in [-0.1, -0.05) is 19.9 Å². The molecule has 1 aromatic rings. The standard InChI is InChI=1S/C19H29NO7/c1-10(2)11(3)26-19(24)27-13(5)12(4)25-18(23)15(20)8-14-6-7-16(21)17(22)9-14/h6-7,9-13,15,21-22H,8,20H2,1-5H3/t11?,12-,13-,15-/m0/s1. The van der Waals surface area contributed by atoms with Crippen LogP contribution in [-0.2, 0) is 25.4 Å². The lowest BCUT2D eigenvalue weighted by Gasteiger charge is -2.23. The topological polar surface area (TPSA) is 128 Å². The Morgan fingerprint density at radius 2 is 1.48 bits per heavy atom. The van der Waals surface area contributed by atoms with Gasteiger partial charge < -0.3 is 30.2 Å². The zero-order valence-electron chi connectivity index (χ0n) is 16.3. The fourth-order valence-electron chi connectivity index (χ4n) is 1.96. The minimum atomic E-state index is -0.975. The smallest absolute Gasteiger partial charge is 0.504 e. The molecule has 0 fully saturated rings. The van der Waals surface area contributed by atoms with Crippen molar-refractivity contribution in [3.8, 4) is 11.5 Å². The molecule has 152 valence electrons. The minimum absolute atomic E-state index is 0.114. The summed E-state index contributed by atoms with van der Waals surface area (Å²) in [6, 6.07) is 3.20. The third-order valence-electron chi connectivity index (χ3n) is 4.26. The Bertz CT molecular complexity index is 647. The van der Waals surface area contributed by atoms with Crippen molar-refractivity contribution in [2.24, 2.45) is 11.7 Å². The van der Waals surface area contributed by atoms with Crippen molar-refractivity contribution in [2.75, 3.05) is 0 Å². The summed E-state index contributed by atoms with van der Waals surface area (Å²) in [5.41, 5.74) is 6.40. The number of rotatable bonds is 8. The van der Waals surface area contributed by atoms with Crippen molar-refractivity contribution in [2.45, 2.75) is 65.4 Å². The van der Waals surface area contributed by atoms with Gasteiger partial charge in [0.05, 0.1) is 0 Å². The zero-order valence-corrected chi connectivity index (χ0v) is 16.3. The number of phenols is 2. The van der Waals surface area contributed by atoms with Crippen molar-refractivity contribution in [3.63, 3.8) is 0 Å². The third-order valence-corrected chi connectivity index (χ3v) is 4.26. The van der Waals surface area contributed by atoms with E-state index in [-0.39, 0.29) is 29.9 Å². The van der Waals surface area contributed by atoms with Crippen molar-refractivity contribution < 1.29 is 34.0 Å². The first-order valence-corrected chi connectivity index (χ1v) is 8.85. The Morgan fingerprint density at radius 3 is 2.04 bits per heavy atom. The van der Waals surface area contributed by atoms with Gasteiger partial charge in [-0.05, 0) is 50.8 Å².